The quantitative estimate of drug-likeness (QED) is 0.513. The van der Waals surface area contributed by atoms with E-state index in [1.165, 1.54) is 4.88 Å². The van der Waals surface area contributed by atoms with Crippen molar-refractivity contribution in [2.75, 3.05) is 0 Å². The van der Waals surface area contributed by atoms with Crippen molar-refractivity contribution in [3.63, 3.8) is 0 Å². The molecule has 2 rings (SSSR count). The summed E-state index contributed by atoms with van der Waals surface area (Å²) in [5.74, 6) is 5.58. The van der Waals surface area contributed by atoms with Gasteiger partial charge in [0, 0.05) is 17.5 Å². The smallest absolute Gasteiger partial charge is 0.129 e. The molecule has 90 valence electrons. The number of aromatic nitrogens is 1. The minimum Gasteiger partial charge on any atom is -0.271 e. The van der Waals surface area contributed by atoms with Crippen LogP contribution in [0.1, 0.15) is 16.5 Å². The SMILES string of the molecule is NNC(Cc1ccc(Br)s1)c1ccc(Cl)nc1. The topological polar surface area (TPSA) is 50.9 Å². The van der Waals surface area contributed by atoms with Gasteiger partial charge in [-0.2, -0.15) is 0 Å². The Labute approximate surface area is 117 Å². The second kappa shape index (κ2) is 5.93. The number of nitrogens with one attached hydrogen (secondary N) is 1. The Morgan fingerprint density at radius 3 is 2.76 bits per heavy atom. The van der Waals surface area contributed by atoms with Crippen molar-refractivity contribution >= 4 is 38.9 Å². The van der Waals surface area contributed by atoms with E-state index >= 15 is 0 Å². The molecule has 0 fully saturated rings. The Balaban J connectivity index is 2.13. The lowest BCUT2D eigenvalue weighted by atomic mass is 10.1. The van der Waals surface area contributed by atoms with Crippen LogP contribution in [0.15, 0.2) is 34.2 Å². The van der Waals surface area contributed by atoms with Gasteiger partial charge in [0.05, 0.1) is 9.83 Å². The van der Waals surface area contributed by atoms with E-state index in [2.05, 4.69) is 32.4 Å². The highest BCUT2D eigenvalue weighted by atomic mass is 79.9. The summed E-state index contributed by atoms with van der Waals surface area (Å²) in [6.07, 6.45) is 2.57. The maximum atomic E-state index is 5.76. The summed E-state index contributed by atoms with van der Waals surface area (Å²) in [6.45, 7) is 0. The van der Waals surface area contributed by atoms with Gasteiger partial charge in [0.2, 0.25) is 0 Å². The van der Waals surface area contributed by atoms with Gasteiger partial charge in [0.25, 0.3) is 0 Å². The minimum absolute atomic E-state index is 0.0466. The monoisotopic (exact) mass is 331 g/mol. The zero-order chi connectivity index (χ0) is 12.3. The highest BCUT2D eigenvalue weighted by Gasteiger charge is 2.12. The molecule has 0 aliphatic carbocycles. The van der Waals surface area contributed by atoms with Crippen LogP contribution in [-0.4, -0.2) is 4.98 Å². The van der Waals surface area contributed by atoms with E-state index < -0.39 is 0 Å². The normalized spacial score (nSPS) is 12.6. The third-order valence-electron chi connectivity index (χ3n) is 2.39. The summed E-state index contributed by atoms with van der Waals surface area (Å²) in [5.41, 5.74) is 3.83. The fourth-order valence-electron chi connectivity index (χ4n) is 1.53. The van der Waals surface area contributed by atoms with Crippen LogP contribution in [0.25, 0.3) is 0 Å². The largest absolute Gasteiger partial charge is 0.271 e. The standard InChI is InChI=1S/C11H11BrClN3S/c12-10-3-2-8(17-10)5-9(16-14)7-1-4-11(13)15-6-7/h1-4,6,9,16H,5,14H2. The van der Waals surface area contributed by atoms with Crippen LogP contribution in [0.2, 0.25) is 5.15 Å². The highest BCUT2D eigenvalue weighted by Crippen LogP contribution is 2.26. The van der Waals surface area contributed by atoms with Gasteiger partial charge in [0.15, 0.2) is 0 Å². The van der Waals surface area contributed by atoms with E-state index in [0.717, 1.165) is 15.8 Å². The van der Waals surface area contributed by atoms with Crippen LogP contribution in [0, 0.1) is 0 Å². The zero-order valence-corrected chi connectivity index (χ0v) is 12.0. The molecule has 2 heterocycles. The summed E-state index contributed by atoms with van der Waals surface area (Å²) in [7, 11) is 0. The molecule has 2 aromatic rings. The third-order valence-corrected chi connectivity index (χ3v) is 4.26. The molecule has 17 heavy (non-hydrogen) atoms. The van der Waals surface area contributed by atoms with Gasteiger partial charge in [-0.1, -0.05) is 17.7 Å². The lowest BCUT2D eigenvalue weighted by molar-refractivity contribution is 0.554. The average molecular weight is 333 g/mol. The molecule has 3 nitrogen and oxygen atoms in total. The number of thiophene rings is 1. The van der Waals surface area contributed by atoms with Crippen molar-refractivity contribution in [3.8, 4) is 0 Å². The van der Waals surface area contributed by atoms with E-state index in [9.17, 15) is 0 Å². The molecule has 1 unspecified atom stereocenters. The first kappa shape index (κ1) is 13.0. The van der Waals surface area contributed by atoms with E-state index in [1.807, 2.05) is 12.1 Å². The summed E-state index contributed by atoms with van der Waals surface area (Å²) in [6, 6.07) is 7.87. The van der Waals surface area contributed by atoms with Crippen LogP contribution in [0.5, 0.6) is 0 Å². The lowest BCUT2D eigenvalue weighted by Crippen LogP contribution is -2.29. The Bertz CT molecular complexity index is 486. The van der Waals surface area contributed by atoms with Gasteiger partial charge >= 0.3 is 0 Å². The highest BCUT2D eigenvalue weighted by molar-refractivity contribution is 9.11. The van der Waals surface area contributed by atoms with Crippen molar-refractivity contribution in [1.29, 1.82) is 0 Å². The summed E-state index contributed by atoms with van der Waals surface area (Å²) in [4.78, 5) is 5.32. The number of nitrogens with two attached hydrogens (primary N) is 1. The van der Waals surface area contributed by atoms with Crippen molar-refractivity contribution in [2.24, 2.45) is 5.84 Å². The molecule has 0 aromatic carbocycles. The van der Waals surface area contributed by atoms with Crippen molar-refractivity contribution in [1.82, 2.24) is 10.4 Å². The number of halogens is 2. The first-order valence-electron chi connectivity index (χ1n) is 5.01. The van der Waals surface area contributed by atoms with Crippen LogP contribution < -0.4 is 11.3 Å². The number of hydrogen-bond donors (Lipinski definition) is 2. The Morgan fingerprint density at radius 2 is 2.24 bits per heavy atom. The van der Waals surface area contributed by atoms with Crippen molar-refractivity contribution in [2.45, 2.75) is 12.5 Å². The average Bonchev–Trinajstić information content (AvgIpc) is 2.73. The van der Waals surface area contributed by atoms with Crippen molar-refractivity contribution in [3.05, 3.63) is 49.8 Å². The molecule has 0 amide bonds. The molecule has 2 aromatic heterocycles. The van der Waals surface area contributed by atoms with Gasteiger partial charge in [-0.3, -0.25) is 11.3 Å². The Hall–Kier alpha value is -0.460. The van der Waals surface area contributed by atoms with E-state index in [4.69, 9.17) is 17.4 Å². The first-order valence-corrected chi connectivity index (χ1v) is 6.99. The van der Waals surface area contributed by atoms with Gasteiger partial charge in [-0.05, 0) is 39.7 Å². The number of hydrogen-bond acceptors (Lipinski definition) is 4. The first-order chi connectivity index (χ1) is 8.19. The Kier molecular flexibility index (Phi) is 4.53. The summed E-state index contributed by atoms with van der Waals surface area (Å²) < 4.78 is 1.12. The second-order valence-corrected chi connectivity index (χ2v) is 6.48. The van der Waals surface area contributed by atoms with Crippen molar-refractivity contribution < 1.29 is 0 Å². The van der Waals surface area contributed by atoms with Gasteiger partial charge < -0.3 is 0 Å². The maximum Gasteiger partial charge on any atom is 0.129 e. The van der Waals surface area contributed by atoms with Crippen LogP contribution in [0.3, 0.4) is 0 Å². The van der Waals surface area contributed by atoms with Crippen LogP contribution >= 0.6 is 38.9 Å². The lowest BCUT2D eigenvalue weighted by Gasteiger charge is -2.14. The molecule has 0 saturated heterocycles. The predicted molar refractivity (Wildman–Crippen MR) is 75.0 cm³/mol. The zero-order valence-electron chi connectivity index (χ0n) is 8.86. The third kappa shape index (κ3) is 3.50. The van der Waals surface area contributed by atoms with Crippen LogP contribution in [0.4, 0.5) is 0 Å². The predicted octanol–water partition coefficient (Wildman–Crippen LogP) is 3.31. The Morgan fingerprint density at radius 1 is 1.41 bits per heavy atom. The number of hydrazine groups is 1. The maximum absolute atomic E-state index is 5.76. The van der Waals surface area contributed by atoms with E-state index in [0.29, 0.717) is 5.15 Å². The summed E-state index contributed by atoms with van der Waals surface area (Å²) in [5, 5.41) is 0.489. The number of nitrogens with zero attached hydrogens (tertiary/aromatic N) is 1. The fraction of sp³-hybridized carbons (Fsp3) is 0.182. The van der Waals surface area contributed by atoms with Gasteiger partial charge in [-0.15, -0.1) is 11.3 Å². The molecule has 0 aliphatic rings. The fourth-order valence-corrected chi connectivity index (χ4v) is 3.17. The molecule has 1 atom stereocenters. The minimum atomic E-state index is 0.0466. The molecule has 6 heteroatoms. The molecule has 0 spiro atoms. The number of rotatable bonds is 4. The van der Waals surface area contributed by atoms with E-state index in [1.54, 1.807) is 23.6 Å². The number of pyridine rings is 1. The molecule has 0 saturated carbocycles. The molecule has 0 aliphatic heterocycles. The van der Waals surface area contributed by atoms with Gasteiger partial charge in [0.1, 0.15) is 5.15 Å². The van der Waals surface area contributed by atoms with Crippen LogP contribution in [-0.2, 0) is 6.42 Å². The molecular weight excluding hydrogens is 322 g/mol. The molecule has 0 bridgehead atoms. The molecular formula is C11H11BrClN3S. The molecule has 0 radical (unpaired) electrons. The van der Waals surface area contributed by atoms with Gasteiger partial charge in [-0.25, -0.2) is 4.98 Å². The molecule has 3 N–H and O–H groups in total. The van der Waals surface area contributed by atoms with E-state index in [-0.39, 0.29) is 6.04 Å². The summed E-state index contributed by atoms with van der Waals surface area (Å²) >= 11 is 10.9. The second-order valence-electron chi connectivity index (χ2n) is 3.54.